The van der Waals surface area contributed by atoms with Crippen molar-refractivity contribution in [2.75, 3.05) is 5.32 Å². The van der Waals surface area contributed by atoms with Crippen molar-refractivity contribution in [3.63, 3.8) is 0 Å². The molecule has 0 aliphatic rings. The van der Waals surface area contributed by atoms with E-state index >= 15 is 0 Å². The Morgan fingerprint density at radius 3 is 2.52 bits per heavy atom. The first-order chi connectivity index (χ1) is 11.1. The van der Waals surface area contributed by atoms with Crippen LogP contribution >= 0.6 is 15.9 Å². The summed E-state index contributed by atoms with van der Waals surface area (Å²) in [7, 11) is 0. The van der Waals surface area contributed by atoms with Gasteiger partial charge in [-0.15, -0.1) is 0 Å². The number of unbranched alkanes of at least 4 members (excludes halogenated alkanes) is 3. The van der Waals surface area contributed by atoms with Crippen molar-refractivity contribution in [1.82, 2.24) is 0 Å². The molecule has 3 nitrogen and oxygen atoms in total. The van der Waals surface area contributed by atoms with Crippen LogP contribution in [0.25, 0.3) is 0 Å². The number of rotatable bonds is 7. The minimum atomic E-state index is -0.320. The number of phenols is 1. The Kier molecular flexibility index (Phi) is 6.66. The van der Waals surface area contributed by atoms with E-state index in [1.165, 1.54) is 37.3 Å². The molecule has 0 fully saturated rings. The van der Waals surface area contributed by atoms with Crippen molar-refractivity contribution in [3.05, 3.63) is 58.1 Å². The number of carbonyl (C=O) groups is 1. The van der Waals surface area contributed by atoms with Crippen LogP contribution in [0.3, 0.4) is 0 Å². The van der Waals surface area contributed by atoms with E-state index < -0.39 is 0 Å². The quantitative estimate of drug-likeness (QED) is 0.625. The third kappa shape index (κ3) is 5.39. The molecule has 0 aromatic heterocycles. The maximum atomic E-state index is 12.2. The van der Waals surface area contributed by atoms with Gasteiger partial charge in [0.25, 0.3) is 5.91 Å². The summed E-state index contributed by atoms with van der Waals surface area (Å²) in [6.45, 7) is 2.21. The Bertz CT molecular complexity index is 653. The topological polar surface area (TPSA) is 49.3 Å². The molecule has 0 radical (unpaired) electrons. The van der Waals surface area contributed by atoms with Crippen LogP contribution in [0.1, 0.15) is 48.5 Å². The van der Waals surface area contributed by atoms with Gasteiger partial charge in [-0.3, -0.25) is 4.79 Å². The molecule has 0 atom stereocenters. The number of hydrogen-bond acceptors (Lipinski definition) is 2. The Balaban J connectivity index is 1.95. The van der Waals surface area contributed by atoms with Gasteiger partial charge in [0.15, 0.2) is 0 Å². The second-order valence-electron chi connectivity index (χ2n) is 5.62. The van der Waals surface area contributed by atoms with Crippen molar-refractivity contribution in [2.45, 2.75) is 39.0 Å². The Morgan fingerprint density at radius 2 is 1.83 bits per heavy atom. The lowest BCUT2D eigenvalue weighted by Gasteiger charge is -2.08. The summed E-state index contributed by atoms with van der Waals surface area (Å²) in [6.07, 6.45) is 6.06. The number of benzene rings is 2. The van der Waals surface area contributed by atoms with Gasteiger partial charge in [0.2, 0.25) is 0 Å². The monoisotopic (exact) mass is 375 g/mol. The van der Waals surface area contributed by atoms with Crippen LogP contribution in [0, 0.1) is 0 Å². The number of carbonyl (C=O) groups excluding carboxylic acids is 1. The minimum absolute atomic E-state index is 0.0294. The lowest BCUT2D eigenvalue weighted by molar-refractivity contribution is 0.102. The number of aromatic hydroxyl groups is 1. The van der Waals surface area contributed by atoms with Crippen LogP contribution in [-0.4, -0.2) is 11.0 Å². The summed E-state index contributed by atoms with van der Waals surface area (Å²) in [5.74, 6) is -0.349. The molecule has 2 aromatic rings. The van der Waals surface area contributed by atoms with Gasteiger partial charge in [0, 0.05) is 10.2 Å². The van der Waals surface area contributed by atoms with Crippen LogP contribution in [0.5, 0.6) is 5.75 Å². The summed E-state index contributed by atoms with van der Waals surface area (Å²) in [5.41, 5.74) is 2.26. The number of phenolic OH excluding ortho intramolecular Hbond substituents is 1. The Labute approximate surface area is 145 Å². The smallest absolute Gasteiger partial charge is 0.259 e. The highest BCUT2D eigenvalue weighted by molar-refractivity contribution is 9.10. The molecule has 0 aliphatic heterocycles. The van der Waals surface area contributed by atoms with E-state index in [0.717, 1.165) is 16.6 Å². The van der Waals surface area contributed by atoms with Gasteiger partial charge in [0.1, 0.15) is 5.75 Å². The minimum Gasteiger partial charge on any atom is -0.507 e. The number of amides is 1. The molecule has 2 rings (SSSR count). The first-order valence-electron chi connectivity index (χ1n) is 7.99. The average molecular weight is 376 g/mol. The maximum Gasteiger partial charge on any atom is 0.259 e. The first-order valence-corrected chi connectivity index (χ1v) is 8.78. The zero-order chi connectivity index (χ0) is 16.7. The highest BCUT2D eigenvalue weighted by Gasteiger charge is 2.11. The third-order valence-electron chi connectivity index (χ3n) is 3.73. The third-order valence-corrected chi connectivity index (χ3v) is 4.23. The van der Waals surface area contributed by atoms with E-state index in [1.807, 2.05) is 24.3 Å². The van der Waals surface area contributed by atoms with Crippen molar-refractivity contribution in [3.8, 4) is 5.75 Å². The fourth-order valence-electron chi connectivity index (χ4n) is 2.40. The van der Waals surface area contributed by atoms with E-state index in [9.17, 15) is 9.90 Å². The predicted molar refractivity (Wildman–Crippen MR) is 98.0 cm³/mol. The van der Waals surface area contributed by atoms with Crippen molar-refractivity contribution in [1.29, 1.82) is 0 Å². The molecular weight excluding hydrogens is 354 g/mol. The Hall–Kier alpha value is -1.81. The van der Waals surface area contributed by atoms with Crippen LogP contribution in [0.15, 0.2) is 46.9 Å². The standard InChI is InChI=1S/C19H22BrNO2/c1-2-3-4-5-6-14-7-10-16(11-8-14)21-19(23)17-13-15(20)9-12-18(17)22/h7-13,22H,2-6H2,1H3,(H,21,23). The first kappa shape index (κ1) is 17.5. The SMILES string of the molecule is CCCCCCc1ccc(NC(=O)c2cc(Br)ccc2O)cc1. The summed E-state index contributed by atoms with van der Waals surface area (Å²) < 4.78 is 0.753. The van der Waals surface area contributed by atoms with E-state index in [1.54, 1.807) is 12.1 Å². The normalized spacial score (nSPS) is 10.5. The summed E-state index contributed by atoms with van der Waals surface area (Å²) in [6, 6.07) is 12.7. The summed E-state index contributed by atoms with van der Waals surface area (Å²) in [4.78, 5) is 12.2. The van der Waals surface area contributed by atoms with Gasteiger partial charge in [-0.05, 0) is 48.7 Å². The van der Waals surface area contributed by atoms with Gasteiger partial charge in [-0.25, -0.2) is 0 Å². The summed E-state index contributed by atoms with van der Waals surface area (Å²) >= 11 is 3.30. The molecule has 0 heterocycles. The van der Waals surface area contributed by atoms with Gasteiger partial charge in [-0.2, -0.15) is 0 Å². The molecule has 2 aromatic carbocycles. The fraction of sp³-hybridized carbons (Fsp3) is 0.316. The highest BCUT2D eigenvalue weighted by Crippen LogP contribution is 2.23. The molecule has 0 spiro atoms. The number of nitrogens with one attached hydrogen (secondary N) is 1. The number of halogens is 1. The molecule has 0 aliphatic carbocycles. The maximum absolute atomic E-state index is 12.2. The number of hydrogen-bond donors (Lipinski definition) is 2. The molecule has 0 bridgehead atoms. The largest absolute Gasteiger partial charge is 0.507 e. The molecule has 1 amide bonds. The van der Waals surface area contributed by atoms with Crippen molar-refractivity contribution >= 4 is 27.5 Å². The zero-order valence-corrected chi connectivity index (χ0v) is 14.9. The van der Waals surface area contributed by atoms with Gasteiger partial charge in [-0.1, -0.05) is 54.2 Å². The molecule has 0 saturated carbocycles. The molecule has 23 heavy (non-hydrogen) atoms. The van der Waals surface area contributed by atoms with E-state index in [0.29, 0.717) is 0 Å². The molecule has 2 N–H and O–H groups in total. The van der Waals surface area contributed by atoms with Crippen molar-refractivity contribution in [2.24, 2.45) is 0 Å². The lowest BCUT2D eigenvalue weighted by atomic mass is 10.1. The molecule has 122 valence electrons. The van der Waals surface area contributed by atoms with Crippen molar-refractivity contribution < 1.29 is 9.90 Å². The lowest BCUT2D eigenvalue weighted by Crippen LogP contribution is -2.12. The van der Waals surface area contributed by atoms with Crippen LogP contribution in [0.2, 0.25) is 0 Å². The number of aryl methyl sites for hydroxylation is 1. The molecular formula is C19H22BrNO2. The fourth-order valence-corrected chi connectivity index (χ4v) is 2.76. The van der Waals surface area contributed by atoms with Crippen LogP contribution in [0.4, 0.5) is 5.69 Å². The van der Waals surface area contributed by atoms with Crippen LogP contribution < -0.4 is 5.32 Å². The Morgan fingerprint density at radius 1 is 1.09 bits per heavy atom. The van der Waals surface area contributed by atoms with E-state index in [2.05, 4.69) is 28.2 Å². The van der Waals surface area contributed by atoms with Gasteiger partial charge >= 0.3 is 0 Å². The van der Waals surface area contributed by atoms with Gasteiger partial charge in [0.05, 0.1) is 5.56 Å². The molecule has 0 unspecified atom stereocenters. The van der Waals surface area contributed by atoms with Crippen LogP contribution in [-0.2, 0) is 6.42 Å². The molecule has 4 heteroatoms. The predicted octanol–water partition coefficient (Wildman–Crippen LogP) is 5.53. The number of anilines is 1. The summed E-state index contributed by atoms with van der Waals surface area (Å²) in [5, 5.41) is 12.6. The second kappa shape index (κ2) is 8.73. The van der Waals surface area contributed by atoms with Gasteiger partial charge < -0.3 is 10.4 Å². The highest BCUT2D eigenvalue weighted by atomic mass is 79.9. The van der Waals surface area contributed by atoms with E-state index in [4.69, 9.17) is 0 Å². The zero-order valence-electron chi connectivity index (χ0n) is 13.3. The average Bonchev–Trinajstić information content (AvgIpc) is 2.55. The second-order valence-corrected chi connectivity index (χ2v) is 6.54. The molecule has 0 saturated heterocycles. The van der Waals surface area contributed by atoms with E-state index in [-0.39, 0.29) is 17.2 Å².